The molecule has 0 unspecified atom stereocenters. The van der Waals surface area contributed by atoms with Gasteiger partial charge in [-0.1, -0.05) is 23.7 Å². The largest absolute Gasteiger partial charge is 0.494 e. The molecule has 2 aromatic rings. The maximum atomic E-state index is 12.6. The Morgan fingerprint density at radius 1 is 1.04 bits per heavy atom. The molecule has 2 aromatic carbocycles. The number of carbonyl (C=O) groups excluding carboxylic acids is 2. The van der Waals surface area contributed by atoms with Crippen LogP contribution >= 0.6 is 11.6 Å². The Balaban J connectivity index is 1.51. The molecule has 0 heterocycles. The van der Waals surface area contributed by atoms with Gasteiger partial charge in [-0.3, -0.25) is 9.59 Å². The zero-order valence-corrected chi connectivity index (χ0v) is 16.0. The van der Waals surface area contributed by atoms with Crippen LogP contribution < -0.4 is 15.4 Å². The third-order valence-corrected chi connectivity index (χ3v) is 4.91. The van der Waals surface area contributed by atoms with Crippen LogP contribution in [0.2, 0.25) is 5.02 Å². The van der Waals surface area contributed by atoms with E-state index in [2.05, 4.69) is 10.6 Å². The summed E-state index contributed by atoms with van der Waals surface area (Å²) in [4.78, 5) is 25.1. The van der Waals surface area contributed by atoms with E-state index >= 15 is 0 Å². The minimum absolute atomic E-state index is 0.208. The van der Waals surface area contributed by atoms with Crippen molar-refractivity contribution >= 4 is 29.1 Å². The SMILES string of the molecule is CCOc1ccc(NC(=O)C2(C(=O)NCCc3ccc(Cl)cc3)CC2)cc1. The molecule has 2 N–H and O–H groups in total. The Labute approximate surface area is 164 Å². The highest BCUT2D eigenvalue weighted by Crippen LogP contribution is 2.46. The van der Waals surface area contributed by atoms with Crippen molar-refractivity contribution in [3.05, 3.63) is 59.1 Å². The van der Waals surface area contributed by atoms with Crippen LogP contribution in [0.3, 0.4) is 0 Å². The van der Waals surface area contributed by atoms with Gasteiger partial charge in [0.15, 0.2) is 0 Å². The summed E-state index contributed by atoms with van der Waals surface area (Å²) < 4.78 is 5.39. The fraction of sp³-hybridized carbons (Fsp3) is 0.333. The van der Waals surface area contributed by atoms with Gasteiger partial charge in [-0.05, 0) is 68.1 Å². The van der Waals surface area contributed by atoms with Crippen LogP contribution in [0.1, 0.15) is 25.3 Å². The molecule has 142 valence electrons. The first-order valence-corrected chi connectivity index (χ1v) is 9.48. The van der Waals surface area contributed by atoms with E-state index in [1.54, 1.807) is 24.3 Å². The summed E-state index contributed by atoms with van der Waals surface area (Å²) in [5.74, 6) is 0.284. The van der Waals surface area contributed by atoms with Crippen LogP contribution in [0.25, 0.3) is 0 Å². The highest BCUT2D eigenvalue weighted by molar-refractivity contribution is 6.30. The molecule has 27 heavy (non-hydrogen) atoms. The Morgan fingerprint density at radius 2 is 1.70 bits per heavy atom. The third kappa shape index (κ3) is 4.80. The first-order chi connectivity index (χ1) is 13.0. The minimum atomic E-state index is -0.946. The summed E-state index contributed by atoms with van der Waals surface area (Å²) in [5.41, 5.74) is 0.797. The molecule has 0 spiro atoms. The van der Waals surface area contributed by atoms with E-state index in [-0.39, 0.29) is 11.8 Å². The standard InChI is InChI=1S/C21H23ClN2O3/c1-2-27-18-9-7-17(8-10-18)24-20(26)21(12-13-21)19(25)23-14-11-15-3-5-16(22)6-4-15/h3-10H,2,11-14H2,1H3,(H,23,25)(H,24,26). The average molecular weight is 387 g/mol. The predicted octanol–water partition coefficient (Wildman–Crippen LogP) is 3.82. The fourth-order valence-corrected chi connectivity index (χ4v) is 3.00. The van der Waals surface area contributed by atoms with Gasteiger partial charge in [0.2, 0.25) is 11.8 Å². The molecular formula is C21H23ClN2O3. The van der Waals surface area contributed by atoms with Crippen molar-refractivity contribution in [2.75, 3.05) is 18.5 Å². The van der Waals surface area contributed by atoms with E-state index in [9.17, 15) is 9.59 Å². The molecule has 1 saturated carbocycles. The van der Waals surface area contributed by atoms with Crippen molar-refractivity contribution in [3.63, 3.8) is 0 Å². The summed E-state index contributed by atoms with van der Waals surface area (Å²) in [6.07, 6.45) is 1.84. The van der Waals surface area contributed by atoms with Crippen molar-refractivity contribution in [1.29, 1.82) is 0 Å². The van der Waals surface area contributed by atoms with E-state index in [1.807, 2.05) is 31.2 Å². The van der Waals surface area contributed by atoms with Crippen LogP contribution in [-0.4, -0.2) is 25.0 Å². The fourth-order valence-electron chi connectivity index (χ4n) is 2.87. The van der Waals surface area contributed by atoms with Crippen molar-refractivity contribution < 1.29 is 14.3 Å². The first-order valence-electron chi connectivity index (χ1n) is 9.10. The molecule has 1 fully saturated rings. The summed E-state index contributed by atoms with van der Waals surface area (Å²) in [5, 5.41) is 6.41. The van der Waals surface area contributed by atoms with Gasteiger partial charge < -0.3 is 15.4 Å². The average Bonchev–Trinajstić information content (AvgIpc) is 3.47. The van der Waals surface area contributed by atoms with Crippen LogP contribution in [-0.2, 0) is 16.0 Å². The number of rotatable bonds is 8. The van der Waals surface area contributed by atoms with Crippen LogP contribution in [0, 0.1) is 5.41 Å². The number of carbonyl (C=O) groups is 2. The van der Waals surface area contributed by atoms with Crippen molar-refractivity contribution in [2.45, 2.75) is 26.2 Å². The number of benzene rings is 2. The first kappa shape index (κ1) is 19.2. The van der Waals surface area contributed by atoms with Gasteiger partial charge in [0.25, 0.3) is 0 Å². The molecule has 0 aromatic heterocycles. The molecule has 0 saturated heterocycles. The smallest absolute Gasteiger partial charge is 0.240 e. The highest BCUT2D eigenvalue weighted by atomic mass is 35.5. The lowest BCUT2D eigenvalue weighted by molar-refractivity contribution is -0.134. The molecule has 0 atom stereocenters. The van der Waals surface area contributed by atoms with Gasteiger partial charge in [0, 0.05) is 17.3 Å². The normalized spacial score (nSPS) is 14.3. The lowest BCUT2D eigenvalue weighted by Gasteiger charge is -2.16. The molecule has 3 rings (SSSR count). The van der Waals surface area contributed by atoms with Gasteiger partial charge in [-0.2, -0.15) is 0 Å². The van der Waals surface area contributed by atoms with Gasteiger partial charge >= 0.3 is 0 Å². The maximum Gasteiger partial charge on any atom is 0.240 e. The molecule has 0 bridgehead atoms. The molecule has 1 aliphatic carbocycles. The quantitative estimate of drug-likeness (QED) is 0.678. The minimum Gasteiger partial charge on any atom is -0.494 e. The number of halogens is 1. The number of nitrogens with one attached hydrogen (secondary N) is 2. The molecule has 6 heteroatoms. The maximum absolute atomic E-state index is 12.6. The Bertz CT molecular complexity index is 799. The lowest BCUT2D eigenvalue weighted by atomic mass is 10.0. The molecule has 0 radical (unpaired) electrons. The van der Waals surface area contributed by atoms with Crippen molar-refractivity contribution in [1.82, 2.24) is 5.32 Å². The molecule has 0 aliphatic heterocycles. The zero-order valence-electron chi connectivity index (χ0n) is 15.3. The van der Waals surface area contributed by atoms with Gasteiger partial charge in [0.1, 0.15) is 11.2 Å². The third-order valence-electron chi connectivity index (χ3n) is 4.65. The second kappa shape index (κ2) is 8.44. The molecular weight excluding hydrogens is 364 g/mol. The summed E-state index contributed by atoms with van der Waals surface area (Å²) in [6.45, 7) is 2.99. The van der Waals surface area contributed by atoms with Crippen LogP contribution in [0.5, 0.6) is 5.75 Å². The van der Waals surface area contributed by atoms with Gasteiger partial charge in [0.05, 0.1) is 6.61 Å². The number of hydrogen-bond acceptors (Lipinski definition) is 3. The Kier molecular flexibility index (Phi) is 6.01. The number of ether oxygens (including phenoxy) is 1. The van der Waals surface area contributed by atoms with E-state index in [0.29, 0.717) is 43.1 Å². The zero-order chi connectivity index (χ0) is 19.3. The lowest BCUT2D eigenvalue weighted by Crippen LogP contribution is -2.40. The second-order valence-corrected chi connectivity index (χ2v) is 7.06. The van der Waals surface area contributed by atoms with Gasteiger partial charge in [-0.25, -0.2) is 0 Å². The summed E-state index contributed by atoms with van der Waals surface area (Å²) in [6, 6.07) is 14.7. The van der Waals surface area contributed by atoms with Crippen molar-refractivity contribution in [2.24, 2.45) is 5.41 Å². The molecule has 1 aliphatic rings. The van der Waals surface area contributed by atoms with E-state index < -0.39 is 5.41 Å². The second-order valence-electron chi connectivity index (χ2n) is 6.63. The van der Waals surface area contributed by atoms with E-state index in [1.165, 1.54) is 0 Å². The van der Waals surface area contributed by atoms with Crippen molar-refractivity contribution in [3.8, 4) is 5.75 Å². The molecule has 5 nitrogen and oxygen atoms in total. The predicted molar refractivity (Wildman–Crippen MR) is 106 cm³/mol. The monoisotopic (exact) mass is 386 g/mol. The number of hydrogen-bond donors (Lipinski definition) is 2. The van der Waals surface area contributed by atoms with E-state index in [0.717, 1.165) is 11.3 Å². The summed E-state index contributed by atoms with van der Waals surface area (Å²) in [7, 11) is 0. The number of amides is 2. The van der Waals surface area contributed by atoms with E-state index in [4.69, 9.17) is 16.3 Å². The Hall–Kier alpha value is -2.53. The van der Waals surface area contributed by atoms with Gasteiger partial charge in [-0.15, -0.1) is 0 Å². The summed E-state index contributed by atoms with van der Waals surface area (Å²) >= 11 is 5.87. The van der Waals surface area contributed by atoms with Crippen LogP contribution in [0.4, 0.5) is 5.69 Å². The molecule has 2 amide bonds. The Morgan fingerprint density at radius 3 is 2.30 bits per heavy atom. The topological polar surface area (TPSA) is 67.4 Å². The number of anilines is 1. The van der Waals surface area contributed by atoms with Crippen LogP contribution in [0.15, 0.2) is 48.5 Å². The highest BCUT2D eigenvalue weighted by Gasteiger charge is 2.56.